The molecule has 0 aliphatic rings. The van der Waals surface area contributed by atoms with E-state index in [1.54, 1.807) is 5.48 Å². The van der Waals surface area contributed by atoms with Crippen LogP contribution in [-0.4, -0.2) is 46.6 Å². The summed E-state index contributed by atoms with van der Waals surface area (Å²) in [6.07, 6.45) is 0.689. The van der Waals surface area contributed by atoms with Gasteiger partial charge < -0.3 is 21.5 Å². The van der Waals surface area contributed by atoms with Crippen molar-refractivity contribution in [1.82, 2.24) is 16.1 Å². The molecule has 0 aromatic heterocycles. The van der Waals surface area contributed by atoms with Crippen LogP contribution in [0.25, 0.3) is 0 Å². The number of hydrogen-bond acceptors (Lipinski definition) is 6. The van der Waals surface area contributed by atoms with Crippen LogP contribution in [0.4, 0.5) is 0 Å². The van der Waals surface area contributed by atoms with Crippen molar-refractivity contribution >= 4 is 23.7 Å². The van der Waals surface area contributed by atoms with Crippen LogP contribution in [0, 0.1) is 23.7 Å². The molecule has 0 fully saturated rings. The van der Waals surface area contributed by atoms with Crippen LogP contribution in [0.15, 0.2) is 24.3 Å². The van der Waals surface area contributed by atoms with Crippen LogP contribution >= 0.6 is 0 Å². The number of benzene rings is 1. The Labute approximate surface area is 207 Å². The minimum absolute atomic E-state index is 0.0784. The van der Waals surface area contributed by atoms with Gasteiger partial charge in [0.2, 0.25) is 17.7 Å². The van der Waals surface area contributed by atoms with Gasteiger partial charge in [0, 0.05) is 25.4 Å². The van der Waals surface area contributed by atoms with Crippen LogP contribution in [0.2, 0.25) is 0 Å². The van der Waals surface area contributed by atoms with Crippen LogP contribution in [0.3, 0.4) is 0 Å². The van der Waals surface area contributed by atoms with Gasteiger partial charge in [-0.25, -0.2) is 5.48 Å². The molecule has 0 radical (unpaired) electrons. The maximum atomic E-state index is 13.4. The first-order valence-corrected chi connectivity index (χ1v) is 12.0. The lowest BCUT2D eigenvalue weighted by molar-refractivity contribution is -0.142. The first kappa shape index (κ1) is 30.1. The number of carboxylic acids is 1. The summed E-state index contributed by atoms with van der Waals surface area (Å²) in [4.78, 5) is 49.7. The van der Waals surface area contributed by atoms with Crippen LogP contribution < -0.4 is 21.8 Å². The van der Waals surface area contributed by atoms with Crippen molar-refractivity contribution < 1.29 is 29.5 Å². The van der Waals surface area contributed by atoms with Crippen molar-refractivity contribution in [1.29, 1.82) is 0 Å². The number of carboxylic acid groups (broad SMARTS) is 1. The van der Waals surface area contributed by atoms with Gasteiger partial charge in [-0.3, -0.25) is 24.4 Å². The van der Waals surface area contributed by atoms with E-state index < -0.39 is 41.6 Å². The van der Waals surface area contributed by atoms with Gasteiger partial charge in [0.15, 0.2) is 0 Å². The number of hydrogen-bond donors (Lipinski definition) is 6. The lowest BCUT2D eigenvalue weighted by Crippen LogP contribution is -2.52. The zero-order chi connectivity index (χ0) is 26.5. The van der Waals surface area contributed by atoms with E-state index in [1.165, 1.54) is 0 Å². The number of nitrogens with two attached hydrogens (primary N) is 1. The highest BCUT2D eigenvalue weighted by Crippen LogP contribution is 2.27. The van der Waals surface area contributed by atoms with Gasteiger partial charge in [-0.15, -0.1) is 0 Å². The van der Waals surface area contributed by atoms with E-state index in [2.05, 4.69) is 10.6 Å². The van der Waals surface area contributed by atoms with Crippen molar-refractivity contribution in [3.05, 3.63) is 35.4 Å². The molecule has 10 nitrogen and oxygen atoms in total. The monoisotopic (exact) mass is 492 g/mol. The van der Waals surface area contributed by atoms with Crippen LogP contribution in [0.1, 0.15) is 58.1 Å². The first-order valence-electron chi connectivity index (χ1n) is 12.0. The highest BCUT2D eigenvalue weighted by molar-refractivity contribution is 5.91. The highest BCUT2D eigenvalue weighted by Gasteiger charge is 2.36. The molecule has 0 aliphatic heterocycles. The first-order chi connectivity index (χ1) is 16.5. The maximum Gasteiger partial charge on any atom is 0.305 e. The Morgan fingerprint density at radius 3 is 1.83 bits per heavy atom. The smallest absolute Gasteiger partial charge is 0.305 e. The second kappa shape index (κ2) is 15.1. The molecule has 0 bridgehead atoms. The van der Waals surface area contributed by atoms with Gasteiger partial charge >= 0.3 is 5.97 Å². The zero-order valence-corrected chi connectivity index (χ0v) is 21.0. The fourth-order valence-electron chi connectivity index (χ4n) is 3.96. The molecular formula is C25H40N4O6. The van der Waals surface area contributed by atoms with Gasteiger partial charge in [-0.05, 0) is 35.8 Å². The van der Waals surface area contributed by atoms with E-state index in [-0.39, 0.29) is 31.2 Å². The number of rotatable bonds is 15. The third-order valence-electron chi connectivity index (χ3n) is 5.69. The lowest BCUT2D eigenvalue weighted by Gasteiger charge is -2.29. The molecular weight excluding hydrogens is 452 g/mol. The van der Waals surface area contributed by atoms with Crippen molar-refractivity contribution in [3.63, 3.8) is 0 Å². The molecule has 0 heterocycles. The summed E-state index contributed by atoms with van der Waals surface area (Å²) in [6, 6.07) is 6.33. The number of nitrogens with one attached hydrogen (secondary N) is 3. The Kier molecular flexibility index (Phi) is 13.0. The summed E-state index contributed by atoms with van der Waals surface area (Å²) in [6.45, 7) is 8.00. The largest absolute Gasteiger partial charge is 0.481 e. The second-order valence-electron chi connectivity index (χ2n) is 9.67. The zero-order valence-electron chi connectivity index (χ0n) is 21.0. The summed E-state index contributed by atoms with van der Waals surface area (Å²) < 4.78 is 0. The summed E-state index contributed by atoms with van der Waals surface area (Å²) in [5.74, 6) is -4.04. The van der Waals surface area contributed by atoms with E-state index in [0.717, 1.165) is 11.1 Å². The topological polar surface area (TPSA) is 171 Å². The highest BCUT2D eigenvalue weighted by atomic mass is 16.5. The molecule has 0 unspecified atom stereocenters. The van der Waals surface area contributed by atoms with Crippen LogP contribution in [-0.2, 0) is 32.1 Å². The van der Waals surface area contributed by atoms with Gasteiger partial charge in [0.25, 0.3) is 0 Å². The number of carbonyl (C=O) groups excluding carboxylic acids is 3. The van der Waals surface area contributed by atoms with E-state index in [1.807, 2.05) is 52.0 Å². The Balaban J connectivity index is 3.19. The average molecular weight is 493 g/mol. The molecule has 0 aliphatic carbocycles. The SMILES string of the molecule is CC(C)C[C@@H](C(=O)NO)[C@@H](CC(C)C)C(=O)N[C@@H](Cc1ccc(CN)cc1)C(=O)NCCC(=O)O. The van der Waals surface area contributed by atoms with Crippen molar-refractivity contribution in [2.45, 2.75) is 66.0 Å². The molecule has 0 saturated heterocycles. The van der Waals surface area contributed by atoms with E-state index in [4.69, 9.17) is 10.8 Å². The summed E-state index contributed by atoms with van der Waals surface area (Å²) >= 11 is 0. The Hall–Kier alpha value is -2.98. The number of aliphatic carboxylic acids is 1. The van der Waals surface area contributed by atoms with Crippen LogP contribution in [0.5, 0.6) is 0 Å². The predicted octanol–water partition coefficient (Wildman–Crippen LogP) is 1.59. The Morgan fingerprint density at radius 2 is 1.37 bits per heavy atom. The minimum Gasteiger partial charge on any atom is -0.481 e. The predicted molar refractivity (Wildman–Crippen MR) is 131 cm³/mol. The molecule has 3 amide bonds. The molecule has 1 aromatic carbocycles. The second-order valence-corrected chi connectivity index (χ2v) is 9.67. The Morgan fingerprint density at radius 1 is 0.857 bits per heavy atom. The molecule has 1 rings (SSSR count). The van der Waals surface area contributed by atoms with Gasteiger partial charge in [0.1, 0.15) is 6.04 Å². The maximum absolute atomic E-state index is 13.4. The van der Waals surface area contributed by atoms with E-state index >= 15 is 0 Å². The minimum atomic E-state index is -1.05. The van der Waals surface area contributed by atoms with Gasteiger partial charge in [-0.1, -0.05) is 52.0 Å². The molecule has 196 valence electrons. The molecule has 10 heteroatoms. The van der Waals surface area contributed by atoms with Gasteiger partial charge in [0.05, 0.1) is 12.3 Å². The van der Waals surface area contributed by atoms with Crippen molar-refractivity contribution in [2.24, 2.45) is 29.4 Å². The lowest BCUT2D eigenvalue weighted by atomic mass is 9.79. The molecule has 1 aromatic rings. The third kappa shape index (κ3) is 10.9. The summed E-state index contributed by atoms with van der Waals surface area (Å²) in [7, 11) is 0. The number of carbonyl (C=O) groups is 4. The standard InChI is InChI=1S/C25H40N4O6/c1-15(2)11-19(20(12-16(3)4)24(33)29-35)23(32)28-21(25(34)27-10-9-22(30)31)13-17-5-7-18(14-26)8-6-17/h5-8,15-16,19-21,35H,9-14,26H2,1-4H3,(H,27,34)(H,28,32)(H,29,33)(H,30,31)/t19-,20-,21+/m1/s1. The average Bonchev–Trinajstić information content (AvgIpc) is 2.80. The summed E-state index contributed by atoms with van der Waals surface area (Å²) in [5, 5.41) is 23.5. The fourth-order valence-corrected chi connectivity index (χ4v) is 3.96. The van der Waals surface area contributed by atoms with Gasteiger partial charge in [-0.2, -0.15) is 0 Å². The molecule has 0 spiro atoms. The van der Waals surface area contributed by atoms with Crippen molar-refractivity contribution in [3.8, 4) is 0 Å². The van der Waals surface area contributed by atoms with E-state index in [9.17, 15) is 24.4 Å². The Bertz CT molecular complexity index is 841. The summed E-state index contributed by atoms with van der Waals surface area (Å²) in [5.41, 5.74) is 9.03. The normalized spacial score (nSPS) is 13.7. The quantitative estimate of drug-likeness (QED) is 0.159. The van der Waals surface area contributed by atoms with Crippen molar-refractivity contribution in [2.75, 3.05) is 6.54 Å². The molecule has 7 N–H and O–H groups in total. The number of amides is 3. The third-order valence-corrected chi connectivity index (χ3v) is 5.69. The molecule has 35 heavy (non-hydrogen) atoms. The molecule has 3 atom stereocenters. The fraction of sp³-hybridized carbons (Fsp3) is 0.600. The van der Waals surface area contributed by atoms with E-state index in [0.29, 0.717) is 19.4 Å². The molecule has 0 saturated carbocycles. The number of hydroxylamine groups is 1.